The number of hydrogen-bond acceptors (Lipinski definition) is 16. The zero-order chi connectivity index (χ0) is 50.0. The average molecular weight is 1050 g/mol. The minimum absolute atomic E-state index is 0.179. The van der Waals surface area contributed by atoms with Gasteiger partial charge in [0.05, 0.1) is 45.2 Å². The highest BCUT2D eigenvalue weighted by atomic mass is 79.9. The number of piperidine rings is 2. The summed E-state index contributed by atoms with van der Waals surface area (Å²) in [4.78, 5) is 64.6. The standard InChI is InChI=1S/C50H62BrN12O7P/c1-6-31-24-37(57-49-54-28-35(51)46(59-49)56-36-13-12-33-34(45(36)71(4,5)68)27-55-62(7-2)48(33)66)42(69-8-3)25-41(31)60-22-17-32(18-23-60)53-20-19-52-26-30-16-21-61(29-30)38-10-9-11-39-44(38)70-50(67)63(39)40-14-15-43(64)58-47(40)65/h9-13,24-25,27-28,30,32,40,52-53H,6-8,14-23,26,29H2,1-5H3,(H,58,64,65)(H2,54,56,57,59)/t30-,40?/m1/s1. The number of halogens is 1. The Kier molecular flexibility index (Phi) is 15.0. The lowest BCUT2D eigenvalue weighted by molar-refractivity contribution is -0.135. The lowest BCUT2D eigenvalue weighted by Gasteiger charge is -2.35. The van der Waals surface area contributed by atoms with Gasteiger partial charge in [-0.3, -0.25) is 24.3 Å². The lowest BCUT2D eigenvalue weighted by Crippen LogP contribution is -2.44. The number of imide groups is 1. The molecule has 3 fully saturated rings. The summed E-state index contributed by atoms with van der Waals surface area (Å²) in [6, 6.07) is 13.0. The van der Waals surface area contributed by atoms with Crippen LogP contribution in [0.4, 0.5) is 34.5 Å². The number of nitrogens with one attached hydrogen (secondary N) is 5. The fraction of sp³-hybridized carbons (Fsp3) is 0.460. The molecular weight excluding hydrogens is 992 g/mol. The molecule has 21 heteroatoms. The molecule has 0 bridgehead atoms. The average Bonchev–Trinajstić information content (AvgIpc) is 3.96. The maximum atomic E-state index is 13.8. The van der Waals surface area contributed by atoms with E-state index in [2.05, 4.69) is 81.5 Å². The van der Waals surface area contributed by atoms with Gasteiger partial charge in [0.25, 0.3) is 5.56 Å². The van der Waals surface area contributed by atoms with Crippen molar-refractivity contribution >= 4 is 96.6 Å². The third kappa shape index (κ3) is 10.6. The normalized spacial score (nSPS) is 17.9. The summed E-state index contributed by atoms with van der Waals surface area (Å²) in [7, 11) is -2.91. The Morgan fingerprint density at radius 1 is 0.901 bits per heavy atom. The van der Waals surface area contributed by atoms with Crippen LogP contribution in [0.15, 0.2) is 73.3 Å². The van der Waals surface area contributed by atoms with Gasteiger partial charge in [0, 0.05) is 86.9 Å². The number of oxazole rings is 1. The summed E-state index contributed by atoms with van der Waals surface area (Å²) in [5.74, 6) is 0.534. The van der Waals surface area contributed by atoms with Gasteiger partial charge in [-0.1, -0.05) is 13.0 Å². The Balaban J connectivity index is 0.782. The van der Waals surface area contributed by atoms with Crippen LogP contribution >= 0.6 is 23.1 Å². The van der Waals surface area contributed by atoms with Crippen molar-refractivity contribution in [2.45, 2.75) is 77.9 Å². The van der Waals surface area contributed by atoms with Crippen LogP contribution in [0.5, 0.6) is 5.75 Å². The fourth-order valence-electron chi connectivity index (χ4n) is 10.2. The molecule has 3 aromatic heterocycles. The topological polar surface area (TPSA) is 223 Å². The molecule has 6 aromatic rings. The number of carbonyl (C=O) groups excluding carboxylic acids is 2. The van der Waals surface area contributed by atoms with E-state index in [4.69, 9.17) is 14.1 Å². The largest absolute Gasteiger partial charge is 0.492 e. The Labute approximate surface area is 420 Å². The molecule has 5 N–H and O–H groups in total. The van der Waals surface area contributed by atoms with Crippen molar-refractivity contribution in [3.05, 3.63) is 85.8 Å². The molecule has 0 spiro atoms. The maximum Gasteiger partial charge on any atom is 0.420 e. The molecule has 1 unspecified atom stereocenters. The van der Waals surface area contributed by atoms with Crippen LogP contribution in [0.3, 0.4) is 0 Å². The second-order valence-corrected chi connectivity index (χ2v) is 22.8. The van der Waals surface area contributed by atoms with Crippen molar-refractivity contribution in [3.63, 3.8) is 0 Å². The quantitative estimate of drug-likeness (QED) is 0.0366. The third-order valence-electron chi connectivity index (χ3n) is 13.7. The second kappa shape index (κ2) is 21.3. The number of aryl methyl sites for hydroxylation is 2. The van der Waals surface area contributed by atoms with E-state index in [1.165, 1.54) is 14.8 Å². The molecule has 0 saturated carbocycles. The number of ether oxygens (including phenoxy) is 1. The van der Waals surface area contributed by atoms with Crippen LogP contribution in [-0.4, -0.2) is 108 Å². The molecule has 6 heterocycles. The fourth-order valence-corrected chi connectivity index (χ4v) is 12.0. The Morgan fingerprint density at radius 2 is 1.70 bits per heavy atom. The zero-order valence-corrected chi connectivity index (χ0v) is 43.3. The summed E-state index contributed by atoms with van der Waals surface area (Å²) < 4.78 is 29.1. The van der Waals surface area contributed by atoms with Gasteiger partial charge in [-0.05, 0) is 124 Å². The highest BCUT2D eigenvalue weighted by Crippen LogP contribution is 2.42. The minimum Gasteiger partial charge on any atom is -0.492 e. The van der Waals surface area contributed by atoms with Crippen molar-refractivity contribution in [1.29, 1.82) is 0 Å². The highest BCUT2D eigenvalue weighted by molar-refractivity contribution is 9.10. The van der Waals surface area contributed by atoms with E-state index < -0.39 is 24.8 Å². The maximum absolute atomic E-state index is 13.8. The molecule has 3 aliphatic heterocycles. The molecule has 2 atom stereocenters. The SMILES string of the molecule is CCOc1cc(N2CCC(NCCNC[C@H]3CCN(c4cccc5c4oc(=O)n5C4CCC(=O)NC4=O)C3)CC2)c(CC)cc1Nc1ncc(Br)c(Nc2ccc3c(=O)n(CC)ncc3c2P(C)(C)=O)n1. The van der Waals surface area contributed by atoms with Gasteiger partial charge >= 0.3 is 5.76 Å². The van der Waals surface area contributed by atoms with Crippen LogP contribution in [0.2, 0.25) is 0 Å². The van der Waals surface area contributed by atoms with E-state index in [0.29, 0.717) is 80.0 Å². The molecule has 3 aliphatic rings. The number of anilines is 6. The van der Waals surface area contributed by atoms with Crippen LogP contribution in [0.1, 0.15) is 64.5 Å². The van der Waals surface area contributed by atoms with Crippen LogP contribution < -0.4 is 57.7 Å². The van der Waals surface area contributed by atoms with Crippen molar-refractivity contribution in [2.24, 2.45) is 5.92 Å². The number of para-hydroxylation sites is 1. The number of rotatable bonds is 18. The van der Waals surface area contributed by atoms with E-state index in [1.54, 1.807) is 43.9 Å². The Morgan fingerprint density at radius 3 is 2.45 bits per heavy atom. The van der Waals surface area contributed by atoms with E-state index >= 15 is 0 Å². The van der Waals surface area contributed by atoms with Gasteiger partial charge in [0.2, 0.25) is 17.8 Å². The number of hydrogen-bond donors (Lipinski definition) is 5. The molecule has 0 radical (unpaired) electrons. The number of nitrogens with zero attached hydrogens (tertiary/aromatic N) is 7. The van der Waals surface area contributed by atoms with Gasteiger partial charge in [-0.2, -0.15) is 10.1 Å². The smallest absolute Gasteiger partial charge is 0.420 e. The van der Waals surface area contributed by atoms with E-state index in [-0.39, 0.29) is 24.3 Å². The molecule has 3 aromatic carbocycles. The predicted molar refractivity (Wildman–Crippen MR) is 282 cm³/mol. The minimum atomic E-state index is -2.91. The van der Waals surface area contributed by atoms with E-state index in [1.807, 2.05) is 26.0 Å². The van der Waals surface area contributed by atoms with Crippen LogP contribution in [0, 0.1) is 5.92 Å². The molecular formula is C50H62BrN12O7P. The summed E-state index contributed by atoms with van der Waals surface area (Å²) in [6.07, 6.45) is 7.56. The van der Waals surface area contributed by atoms with E-state index in [9.17, 15) is 23.7 Å². The van der Waals surface area contributed by atoms with Crippen molar-refractivity contribution in [2.75, 3.05) is 86.2 Å². The first-order chi connectivity index (χ1) is 34.2. The van der Waals surface area contributed by atoms with Crippen molar-refractivity contribution < 1.29 is 23.3 Å². The van der Waals surface area contributed by atoms with Gasteiger partial charge < -0.3 is 44.8 Å². The molecule has 71 heavy (non-hydrogen) atoms. The van der Waals surface area contributed by atoms with Gasteiger partial charge in [-0.25, -0.2) is 14.5 Å². The zero-order valence-electron chi connectivity index (χ0n) is 40.8. The number of benzene rings is 3. The first-order valence-corrected chi connectivity index (χ1v) is 28.0. The number of amides is 2. The molecule has 376 valence electrons. The highest BCUT2D eigenvalue weighted by Gasteiger charge is 2.33. The monoisotopic (exact) mass is 1050 g/mol. The van der Waals surface area contributed by atoms with Crippen LogP contribution in [-0.2, 0) is 27.1 Å². The van der Waals surface area contributed by atoms with Gasteiger partial charge in [0.1, 0.15) is 24.8 Å². The first-order valence-electron chi connectivity index (χ1n) is 24.6. The molecule has 3 saturated heterocycles. The lowest BCUT2D eigenvalue weighted by atomic mass is 10.0. The number of aromatic nitrogens is 5. The summed E-state index contributed by atoms with van der Waals surface area (Å²) in [5, 5.41) is 22.4. The molecule has 19 nitrogen and oxygen atoms in total. The Hall–Kier alpha value is -6.08. The summed E-state index contributed by atoms with van der Waals surface area (Å²) >= 11 is 3.60. The second-order valence-electron chi connectivity index (χ2n) is 18.8. The third-order valence-corrected chi connectivity index (χ3v) is 15.9. The number of fused-ring (bicyclic) bond motifs is 2. The van der Waals surface area contributed by atoms with Crippen LogP contribution in [0.25, 0.3) is 21.9 Å². The Bertz CT molecular complexity index is 3140. The number of carbonyl (C=O) groups is 2. The summed E-state index contributed by atoms with van der Waals surface area (Å²) in [5.41, 5.74) is 5.31. The molecule has 2 amide bonds. The summed E-state index contributed by atoms with van der Waals surface area (Å²) in [6.45, 7) is 16.3. The van der Waals surface area contributed by atoms with Crippen molar-refractivity contribution in [1.82, 2.24) is 40.3 Å². The van der Waals surface area contributed by atoms with Gasteiger partial charge in [0.15, 0.2) is 5.58 Å². The molecule has 9 rings (SSSR count). The van der Waals surface area contributed by atoms with Gasteiger partial charge in [-0.15, -0.1) is 0 Å². The first kappa shape index (κ1) is 49.9. The van der Waals surface area contributed by atoms with E-state index in [0.717, 1.165) is 88.6 Å². The predicted octanol–water partition coefficient (Wildman–Crippen LogP) is 6.23. The molecule has 0 aliphatic carbocycles. The van der Waals surface area contributed by atoms with Crippen molar-refractivity contribution in [3.8, 4) is 5.75 Å².